The van der Waals surface area contributed by atoms with E-state index < -0.39 is 0 Å². The smallest absolute Gasteiger partial charge is 0.237 e. The number of likely N-dealkylation sites (N-methyl/N-ethyl adjacent to an activating group) is 1. The van der Waals surface area contributed by atoms with Crippen molar-refractivity contribution < 1.29 is 4.79 Å². The Hall–Kier alpha value is -0.320. The lowest BCUT2D eigenvalue weighted by atomic mass is 9.77. The Bertz CT molecular complexity index is 284. The van der Waals surface area contributed by atoms with Crippen LogP contribution in [0.2, 0.25) is 0 Å². The van der Waals surface area contributed by atoms with E-state index in [0.29, 0.717) is 0 Å². The summed E-state index contributed by atoms with van der Waals surface area (Å²) in [6.45, 7) is 13.5. The predicted molar refractivity (Wildman–Crippen MR) is 87.5 cm³/mol. The maximum atomic E-state index is 12.2. The van der Waals surface area contributed by atoms with Crippen LogP contribution >= 0.6 is 12.4 Å². The van der Waals surface area contributed by atoms with E-state index >= 15 is 0 Å². The summed E-state index contributed by atoms with van der Waals surface area (Å²) in [6, 6.07) is -0.0394. The van der Waals surface area contributed by atoms with Gasteiger partial charge >= 0.3 is 0 Å². The van der Waals surface area contributed by atoms with Crippen LogP contribution in [0.5, 0.6) is 0 Å². The molecule has 0 aliphatic carbocycles. The molecule has 1 amide bonds. The second-order valence-corrected chi connectivity index (χ2v) is 6.20. The predicted octanol–water partition coefficient (Wildman–Crippen LogP) is 2.03. The molecule has 0 saturated carbocycles. The molecular weight excluding hydrogens is 274 g/mol. The van der Waals surface area contributed by atoms with Crippen LogP contribution in [-0.4, -0.2) is 49.6 Å². The Balaban J connectivity index is 0.00000361. The molecule has 4 nitrogen and oxygen atoms in total. The second-order valence-electron chi connectivity index (χ2n) is 6.20. The van der Waals surface area contributed by atoms with Gasteiger partial charge in [0, 0.05) is 13.1 Å². The molecule has 0 spiro atoms. The van der Waals surface area contributed by atoms with Gasteiger partial charge in [-0.05, 0) is 44.3 Å². The van der Waals surface area contributed by atoms with Crippen LogP contribution in [0.15, 0.2) is 0 Å². The van der Waals surface area contributed by atoms with Crippen LogP contribution in [0, 0.1) is 5.41 Å². The van der Waals surface area contributed by atoms with Crippen molar-refractivity contribution in [3.63, 3.8) is 0 Å². The molecule has 1 unspecified atom stereocenters. The molecule has 120 valence electrons. The van der Waals surface area contributed by atoms with Crippen molar-refractivity contribution in [2.24, 2.45) is 5.41 Å². The Kier molecular flexibility index (Phi) is 9.43. The Morgan fingerprint density at radius 2 is 2.05 bits per heavy atom. The molecule has 0 aromatic heterocycles. The lowest BCUT2D eigenvalue weighted by Gasteiger charge is -2.38. The zero-order chi connectivity index (χ0) is 14.3. The van der Waals surface area contributed by atoms with Gasteiger partial charge in [0.15, 0.2) is 0 Å². The summed E-state index contributed by atoms with van der Waals surface area (Å²) in [6.07, 6.45) is 3.45. The van der Waals surface area contributed by atoms with Gasteiger partial charge in [0.1, 0.15) is 0 Å². The zero-order valence-electron chi connectivity index (χ0n) is 13.5. The fraction of sp³-hybridized carbons (Fsp3) is 0.933. The van der Waals surface area contributed by atoms with Crippen molar-refractivity contribution in [2.75, 3.05) is 32.7 Å². The molecule has 5 heteroatoms. The summed E-state index contributed by atoms with van der Waals surface area (Å²) in [5.74, 6) is 0.164. The maximum absolute atomic E-state index is 12.2. The normalized spacial score (nSPS) is 21.4. The molecular formula is C15H32ClN3O. The Morgan fingerprint density at radius 3 is 2.60 bits per heavy atom. The number of halogens is 1. The summed E-state index contributed by atoms with van der Waals surface area (Å²) in [7, 11) is 0. The summed E-state index contributed by atoms with van der Waals surface area (Å²) < 4.78 is 0. The van der Waals surface area contributed by atoms with E-state index in [1.54, 1.807) is 0 Å². The average Bonchev–Trinajstić information content (AvgIpc) is 2.37. The molecule has 0 aromatic rings. The van der Waals surface area contributed by atoms with Gasteiger partial charge < -0.3 is 15.5 Å². The minimum atomic E-state index is -0.0394. The summed E-state index contributed by atoms with van der Waals surface area (Å²) in [5, 5.41) is 6.45. The van der Waals surface area contributed by atoms with Crippen molar-refractivity contribution in [2.45, 2.75) is 53.0 Å². The summed E-state index contributed by atoms with van der Waals surface area (Å²) >= 11 is 0. The van der Waals surface area contributed by atoms with Crippen LogP contribution in [0.25, 0.3) is 0 Å². The largest absolute Gasteiger partial charge is 0.353 e. The Morgan fingerprint density at radius 1 is 1.35 bits per heavy atom. The number of amides is 1. The standard InChI is InChI=1S/C15H31N3O.ClH/c1-5-11-18(6-2)12-10-17-14(19)13-15(3,4)8-7-9-16-13;/h13,16H,5-12H2,1-4H3,(H,17,19);1H. The highest BCUT2D eigenvalue weighted by atomic mass is 35.5. The Labute approximate surface area is 130 Å². The maximum Gasteiger partial charge on any atom is 0.237 e. The van der Waals surface area contributed by atoms with Gasteiger partial charge in [-0.3, -0.25) is 4.79 Å². The van der Waals surface area contributed by atoms with Gasteiger partial charge in [0.2, 0.25) is 5.91 Å². The number of nitrogens with zero attached hydrogens (tertiary/aromatic N) is 1. The first kappa shape index (κ1) is 19.7. The molecule has 2 N–H and O–H groups in total. The lowest BCUT2D eigenvalue weighted by Crippen LogP contribution is -2.56. The van der Waals surface area contributed by atoms with Crippen molar-refractivity contribution in [3.8, 4) is 0 Å². The third-order valence-corrected chi connectivity index (χ3v) is 4.10. The van der Waals surface area contributed by atoms with Gasteiger partial charge in [-0.2, -0.15) is 0 Å². The highest BCUT2D eigenvalue weighted by Crippen LogP contribution is 2.29. The van der Waals surface area contributed by atoms with Gasteiger partial charge in [0.25, 0.3) is 0 Å². The first-order valence-electron chi connectivity index (χ1n) is 7.74. The van der Waals surface area contributed by atoms with Crippen LogP contribution in [0.3, 0.4) is 0 Å². The number of piperidine rings is 1. The van der Waals surface area contributed by atoms with Crippen molar-refractivity contribution in [3.05, 3.63) is 0 Å². The molecule has 1 rings (SSSR count). The number of carbonyl (C=O) groups excluding carboxylic acids is 1. The molecule has 1 saturated heterocycles. The van der Waals surface area contributed by atoms with Crippen LogP contribution < -0.4 is 10.6 Å². The second kappa shape index (κ2) is 9.59. The molecule has 1 atom stereocenters. The first-order valence-corrected chi connectivity index (χ1v) is 7.74. The fourth-order valence-corrected chi connectivity index (χ4v) is 2.84. The summed E-state index contributed by atoms with van der Waals surface area (Å²) in [5.41, 5.74) is 0.0657. The fourth-order valence-electron chi connectivity index (χ4n) is 2.84. The minimum absolute atomic E-state index is 0. The number of hydrogen-bond acceptors (Lipinski definition) is 3. The third kappa shape index (κ3) is 5.98. The molecule has 0 aromatic carbocycles. The van der Waals surface area contributed by atoms with Crippen LogP contribution in [-0.2, 0) is 4.79 Å². The lowest BCUT2D eigenvalue weighted by molar-refractivity contribution is -0.126. The van der Waals surface area contributed by atoms with Crippen LogP contribution in [0.1, 0.15) is 47.0 Å². The molecule has 0 bridgehead atoms. The zero-order valence-corrected chi connectivity index (χ0v) is 14.3. The number of rotatable bonds is 7. The number of hydrogen-bond donors (Lipinski definition) is 2. The molecule has 0 radical (unpaired) electrons. The SMILES string of the molecule is CCCN(CC)CCNC(=O)C1NCCCC1(C)C.Cl. The third-order valence-electron chi connectivity index (χ3n) is 4.10. The average molecular weight is 306 g/mol. The van der Waals surface area contributed by atoms with E-state index in [4.69, 9.17) is 0 Å². The van der Waals surface area contributed by atoms with Crippen molar-refractivity contribution in [1.82, 2.24) is 15.5 Å². The van der Waals surface area contributed by atoms with E-state index in [2.05, 4.69) is 43.2 Å². The first-order chi connectivity index (χ1) is 9.01. The van der Waals surface area contributed by atoms with Crippen molar-refractivity contribution in [1.29, 1.82) is 0 Å². The number of nitrogens with one attached hydrogen (secondary N) is 2. The van der Waals surface area contributed by atoms with Gasteiger partial charge in [-0.15, -0.1) is 12.4 Å². The van der Waals surface area contributed by atoms with E-state index in [1.807, 2.05) is 0 Å². The quantitative estimate of drug-likeness (QED) is 0.756. The molecule has 1 heterocycles. The summed E-state index contributed by atoms with van der Waals surface area (Å²) in [4.78, 5) is 14.6. The number of carbonyl (C=O) groups is 1. The van der Waals surface area contributed by atoms with E-state index in [0.717, 1.165) is 45.6 Å². The highest BCUT2D eigenvalue weighted by molar-refractivity contribution is 5.85. The molecule has 1 aliphatic heterocycles. The minimum Gasteiger partial charge on any atom is -0.353 e. The van der Waals surface area contributed by atoms with Gasteiger partial charge in [0.05, 0.1) is 6.04 Å². The van der Waals surface area contributed by atoms with Gasteiger partial charge in [-0.1, -0.05) is 27.7 Å². The molecule has 20 heavy (non-hydrogen) atoms. The van der Waals surface area contributed by atoms with E-state index in [1.165, 1.54) is 6.42 Å². The molecule has 1 fully saturated rings. The van der Waals surface area contributed by atoms with Crippen LogP contribution in [0.4, 0.5) is 0 Å². The van der Waals surface area contributed by atoms with E-state index in [-0.39, 0.29) is 29.8 Å². The topological polar surface area (TPSA) is 44.4 Å². The van der Waals surface area contributed by atoms with E-state index in [9.17, 15) is 4.79 Å². The monoisotopic (exact) mass is 305 g/mol. The molecule has 1 aliphatic rings. The van der Waals surface area contributed by atoms with Gasteiger partial charge in [-0.25, -0.2) is 0 Å². The van der Waals surface area contributed by atoms with Crippen molar-refractivity contribution >= 4 is 18.3 Å². The highest BCUT2D eigenvalue weighted by Gasteiger charge is 2.36.